The van der Waals surface area contributed by atoms with Crippen LogP contribution in [0.3, 0.4) is 0 Å². The van der Waals surface area contributed by atoms with E-state index < -0.39 is 11.7 Å². The normalized spacial score (nSPS) is 15.3. The molecule has 0 saturated heterocycles. The fourth-order valence-electron chi connectivity index (χ4n) is 2.48. The standard InChI is InChI=1S/C17H23F3N2O/c1-12(2)21(3)16(23)11-22(14-8-9-14)10-13-6-4-5-7-15(13)17(18,19)20/h4-7,12,14H,8-11H2,1-3H3. The lowest BCUT2D eigenvalue weighted by Gasteiger charge is -2.28. The number of benzene rings is 1. The van der Waals surface area contributed by atoms with Gasteiger partial charge in [-0.05, 0) is 38.3 Å². The molecule has 1 aromatic carbocycles. The largest absolute Gasteiger partial charge is 0.416 e. The van der Waals surface area contributed by atoms with E-state index in [4.69, 9.17) is 0 Å². The van der Waals surface area contributed by atoms with Crippen molar-refractivity contribution in [1.82, 2.24) is 9.80 Å². The number of nitrogens with zero attached hydrogens (tertiary/aromatic N) is 2. The van der Waals surface area contributed by atoms with Crippen LogP contribution in [0, 0.1) is 0 Å². The molecular weight excluding hydrogens is 305 g/mol. The van der Waals surface area contributed by atoms with Crippen molar-refractivity contribution in [2.75, 3.05) is 13.6 Å². The fraction of sp³-hybridized carbons (Fsp3) is 0.588. The number of hydrogen-bond donors (Lipinski definition) is 0. The van der Waals surface area contributed by atoms with E-state index in [2.05, 4.69) is 0 Å². The van der Waals surface area contributed by atoms with Gasteiger partial charge in [0.2, 0.25) is 5.91 Å². The monoisotopic (exact) mass is 328 g/mol. The summed E-state index contributed by atoms with van der Waals surface area (Å²) < 4.78 is 39.4. The lowest BCUT2D eigenvalue weighted by Crippen LogP contribution is -2.42. The minimum absolute atomic E-state index is 0.0589. The topological polar surface area (TPSA) is 23.6 Å². The van der Waals surface area contributed by atoms with E-state index in [-0.39, 0.29) is 36.6 Å². The summed E-state index contributed by atoms with van der Waals surface area (Å²) >= 11 is 0. The second-order valence-electron chi connectivity index (χ2n) is 6.39. The molecule has 1 saturated carbocycles. The highest BCUT2D eigenvalue weighted by Crippen LogP contribution is 2.34. The van der Waals surface area contributed by atoms with Crippen molar-refractivity contribution in [1.29, 1.82) is 0 Å². The molecule has 23 heavy (non-hydrogen) atoms. The van der Waals surface area contributed by atoms with Crippen LogP contribution in [0.4, 0.5) is 13.2 Å². The molecule has 0 N–H and O–H groups in total. The average molecular weight is 328 g/mol. The molecule has 1 aromatic rings. The van der Waals surface area contributed by atoms with Gasteiger partial charge in [-0.1, -0.05) is 18.2 Å². The highest BCUT2D eigenvalue weighted by Gasteiger charge is 2.36. The molecule has 0 atom stereocenters. The van der Waals surface area contributed by atoms with Crippen LogP contribution in [0.1, 0.15) is 37.8 Å². The van der Waals surface area contributed by atoms with Gasteiger partial charge < -0.3 is 4.90 Å². The van der Waals surface area contributed by atoms with Gasteiger partial charge in [0.25, 0.3) is 0 Å². The van der Waals surface area contributed by atoms with Crippen LogP contribution in [0.2, 0.25) is 0 Å². The predicted molar refractivity (Wildman–Crippen MR) is 82.8 cm³/mol. The van der Waals surface area contributed by atoms with Crippen molar-refractivity contribution < 1.29 is 18.0 Å². The van der Waals surface area contributed by atoms with Gasteiger partial charge in [-0.25, -0.2) is 0 Å². The summed E-state index contributed by atoms with van der Waals surface area (Å²) in [4.78, 5) is 15.8. The molecule has 0 radical (unpaired) electrons. The van der Waals surface area contributed by atoms with E-state index in [0.717, 1.165) is 18.9 Å². The summed E-state index contributed by atoms with van der Waals surface area (Å²) in [7, 11) is 1.72. The van der Waals surface area contributed by atoms with Crippen molar-refractivity contribution in [3.05, 3.63) is 35.4 Å². The smallest absolute Gasteiger partial charge is 0.342 e. The maximum absolute atomic E-state index is 13.1. The zero-order valence-corrected chi connectivity index (χ0v) is 13.7. The van der Waals surface area contributed by atoms with Crippen LogP contribution >= 0.6 is 0 Å². The average Bonchev–Trinajstić information content (AvgIpc) is 3.29. The molecule has 0 spiro atoms. The Bertz CT molecular complexity index is 553. The van der Waals surface area contributed by atoms with E-state index in [1.165, 1.54) is 12.1 Å². The van der Waals surface area contributed by atoms with E-state index >= 15 is 0 Å². The van der Waals surface area contributed by atoms with Crippen LogP contribution in [-0.2, 0) is 17.5 Å². The van der Waals surface area contributed by atoms with Gasteiger partial charge in [0.05, 0.1) is 12.1 Å². The Balaban J connectivity index is 2.14. The highest BCUT2D eigenvalue weighted by molar-refractivity contribution is 5.78. The van der Waals surface area contributed by atoms with Gasteiger partial charge in [-0.3, -0.25) is 9.69 Å². The van der Waals surface area contributed by atoms with Crippen LogP contribution < -0.4 is 0 Å². The number of halogens is 3. The Morgan fingerprint density at radius 1 is 1.26 bits per heavy atom. The molecule has 0 aromatic heterocycles. The van der Waals surface area contributed by atoms with Gasteiger partial charge in [0.15, 0.2) is 0 Å². The third-order valence-electron chi connectivity index (χ3n) is 4.27. The first-order valence-electron chi connectivity index (χ1n) is 7.85. The number of rotatable bonds is 6. The SMILES string of the molecule is CC(C)N(C)C(=O)CN(Cc1ccccc1C(F)(F)F)C1CC1. The lowest BCUT2D eigenvalue weighted by atomic mass is 10.1. The van der Waals surface area contributed by atoms with Gasteiger partial charge in [-0.15, -0.1) is 0 Å². The number of alkyl halides is 3. The zero-order valence-electron chi connectivity index (χ0n) is 13.7. The maximum atomic E-state index is 13.1. The number of hydrogen-bond acceptors (Lipinski definition) is 2. The highest BCUT2D eigenvalue weighted by atomic mass is 19.4. The van der Waals surface area contributed by atoms with E-state index in [1.54, 1.807) is 18.0 Å². The fourth-order valence-corrected chi connectivity index (χ4v) is 2.48. The third-order valence-corrected chi connectivity index (χ3v) is 4.27. The van der Waals surface area contributed by atoms with Crippen molar-refractivity contribution in [3.63, 3.8) is 0 Å². The Morgan fingerprint density at radius 2 is 1.87 bits per heavy atom. The summed E-state index contributed by atoms with van der Waals surface area (Å²) in [6.45, 7) is 4.14. The minimum Gasteiger partial charge on any atom is -0.342 e. The number of likely N-dealkylation sites (N-methyl/N-ethyl adjacent to an activating group) is 1. The van der Waals surface area contributed by atoms with Gasteiger partial charge >= 0.3 is 6.18 Å². The van der Waals surface area contributed by atoms with Crippen molar-refractivity contribution in [2.24, 2.45) is 0 Å². The molecule has 6 heteroatoms. The van der Waals surface area contributed by atoms with Crippen LogP contribution in [0.15, 0.2) is 24.3 Å². The van der Waals surface area contributed by atoms with E-state index in [9.17, 15) is 18.0 Å². The van der Waals surface area contributed by atoms with Gasteiger partial charge in [0.1, 0.15) is 0 Å². The first-order valence-corrected chi connectivity index (χ1v) is 7.85. The number of carbonyl (C=O) groups is 1. The Labute approximate surface area is 135 Å². The predicted octanol–water partition coefficient (Wildman–Crippen LogP) is 3.54. The van der Waals surface area contributed by atoms with E-state index in [1.807, 2.05) is 18.7 Å². The Kier molecular flexibility index (Phi) is 5.34. The van der Waals surface area contributed by atoms with Crippen LogP contribution in [0.5, 0.6) is 0 Å². The second kappa shape index (κ2) is 6.91. The van der Waals surface area contributed by atoms with Gasteiger partial charge in [-0.2, -0.15) is 13.2 Å². The van der Waals surface area contributed by atoms with Gasteiger partial charge in [0, 0.05) is 25.7 Å². The second-order valence-corrected chi connectivity index (χ2v) is 6.39. The number of carbonyl (C=O) groups excluding carboxylic acids is 1. The number of amides is 1. The molecule has 1 aliphatic carbocycles. The quantitative estimate of drug-likeness (QED) is 0.797. The van der Waals surface area contributed by atoms with Crippen molar-refractivity contribution in [3.8, 4) is 0 Å². The molecular formula is C17H23F3N2O. The first-order chi connectivity index (χ1) is 10.7. The summed E-state index contributed by atoms with van der Waals surface area (Å²) in [6, 6.07) is 5.88. The summed E-state index contributed by atoms with van der Waals surface area (Å²) in [5.74, 6) is -0.0589. The molecule has 0 unspecified atom stereocenters. The summed E-state index contributed by atoms with van der Waals surface area (Å²) in [6.07, 6.45) is -2.50. The lowest BCUT2D eigenvalue weighted by molar-refractivity contribution is -0.138. The van der Waals surface area contributed by atoms with Crippen molar-refractivity contribution in [2.45, 2.75) is 51.5 Å². The molecule has 0 heterocycles. The molecule has 1 amide bonds. The molecule has 3 nitrogen and oxygen atoms in total. The molecule has 1 aliphatic rings. The third kappa shape index (κ3) is 4.70. The van der Waals surface area contributed by atoms with Crippen molar-refractivity contribution >= 4 is 5.91 Å². The Hall–Kier alpha value is -1.56. The minimum atomic E-state index is -4.37. The first kappa shape index (κ1) is 17.8. The van der Waals surface area contributed by atoms with Crippen LogP contribution in [0.25, 0.3) is 0 Å². The molecule has 0 bridgehead atoms. The molecule has 0 aliphatic heterocycles. The molecule has 2 rings (SSSR count). The molecule has 1 fully saturated rings. The Morgan fingerprint density at radius 3 is 2.39 bits per heavy atom. The van der Waals surface area contributed by atoms with E-state index in [0.29, 0.717) is 0 Å². The maximum Gasteiger partial charge on any atom is 0.416 e. The zero-order chi connectivity index (χ0) is 17.2. The molecule has 128 valence electrons. The summed E-state index contributed by atoms with van der Waals surface area (Å²) in [5.41, 5.74) is -0.387. The summed E-state index contributed by atoms with van der Waals surface area (Å²) in [5, 5.41) is 0. The van der Waals surface area contributed by atoms with Crippen LogP contribution in [-0.4, -0.2) is 41.4 Å².